The molecule has 10 aromatic rings. The van der Waals surface area contributed by atoms with E-state index in [9.17, 15) is 0 Å². The van der Waals surface area contributed by atoms with Crippen molar-refractivity contribution in [2.24, 2.45) is 0 Å². The van der Waals surface area contributed by atoms with Gasteiger partial charge in [-0.15, -0.1) is 0 Å². The van der Waals surface area contributed by atoms with Gasteiger partial charge in [-0.1, -0.05) is 169 Å². The zero-order chi connectivity index (χ0) is 48.6. The second-order valence-corrected chi connectivity index (χ2v) is 21.5. The average Bonchev–Trinajstić information content (AvgIpc) is 4.08. The number of ether oxygens (including phenoxy) is 1. The highest BCUT2D eigenvalue weighted by Gasteiger charge is 2.41. The standard InChI is InChI=1S/C66H58N4O/c1-64(2,3)46-32-33-67-62(40-46)70-60-29-19-16-26-54(60)55-31-30-50(42-61(55)70)71-51-37-48(66(7)58-27-17-14-24-52(58)53-25-15-18-28-59(53)66)36-49(41-51)68-34-35-69(43-68)63-56(44-20-10-8-11-21-44)38-47(65(4,5)6)39-57(63)45-22-12-9-13-23-45/h8-42H,43H2,1-7H3. The molecule has 2 aromatic heterocycles. The molecule has 0 amide bonds. The topological polar surface area (TPSA) is 33.5 Å². The van der Waals surface area contributed by atoms with Crippen LogP contribution in [0.1, 0.15) is 76.3 Å². The molecule has 0 saturated carbocycles. The summed E-state index contributed by atoms with van der Waals surface area (Å²) in [6, 6.07) is 70.6. The Bertz CT molecular complexity index is 3600. The molecular formula is C66H58N4O. The van der Waals surface area contributed by atoms with Crippen LogP contribution in [0.25, 0.3) is 61.0 Å². The molecule has 8 aromatic carbocycles. The fourth-order valence-corrected chi connectivity index (χ4v) is 11.0. The average molecular weight is 923 g/mol. The van der Waals surface area contributed by atoms with Gasteiger partial charge in [0.25, 0.3) is 0 Å². The SMILES string of the molecule is CC(C)(C)c1ccnc(-n2c3ccccc3c3ccc(Oc4cc(N5C=CN(c6c(-c7ccccc7)cc(C(C)(C)C)cc6-c6ccccc6)C5)cc(C5(C)c6ccccc6-c6ccccc65)c4)cc32)c1. The highest BCUT2D eigenvalue weighted by Crippen LogP contribution is 2.54. The largest absolute Gasteiger partial charge is 0.457 e. The lowest BCUT2D eigenvalue weighted by Crippen LogP contribution is -2.27. The molecule has 0 N–H and O–H groups in total. The van der Waals surface area contributed by atoms with E-state index in [1.807, 2.05) is 6.20 Å². The van der Waals surface area contributed by atoms with E-state index in [4.69, 9.17) is 9.72 Å². The molecule has 5 heteroatoms. The van der Waals surface area contributed by atoms with Crippen molar-refractivity contribution in [1.82, 2.24) is 9.55 Å². The summed E-state index contributed by atoms with van der Waals surface area (Å²) in [5.41, 5.74) is 17.5. The molecule has 5 nitrogen and oxygen atoms in total. The Kier molecular flexibility index (Phi) is 10.4. The van der Waals surface area contributed by atoms with Crippen LogP contribution in [0, 0.1) is 0 Å². The third kappa shape index (κ3) is 7.59. The summed E-state index contributed by atoms with van der Waals surface area (Å²) in [4.78, 5) is 9.74. The highest BCUT2D eigenvalue weighted by atomic mass is 16.5. The number of nitrogens with zero attached hydrogens (tertiary/aromatic N) is 4. The van der Waals surface area contributed by atoms with Gasteiger partial charge in [-0.05, 0) is 122 Å². The lowest BCUT2D eigenvalue weighted by molar-refractivity contribution is 0.481. The molecule has 0 radical (unpaired) electrons. The van der Waals surface area contributed by atoms with E-state index in [1.54, 1.807) is 0 Å². The smallest absolute Gasteiger partial charge is 0.137 e. The molecule has 0 fully saturated rings. The maximum absolute atomic E-state index is 7.19. The molecule has 71 heavy (non-hydrogen) atoms. The van der Waals surface area contributed by atoms with Crippen LogP contribution in [0.2, 0.25) is 0 Å². The monoisotopic (exact) mass is 922 g/mol. The van der Waals surface area contributed by atoms with Crippen molar-refractivity contribution < 1.29 is 4.74 Å². The molecule has 3 heterocycles. The lowest BCUT2D eigenvalue weighted by Gasteiger charge is -2.31. The number of benzene rings is 8. The first-order valence-corrected chi connectivity index (χ1v) is 24.9. The predicted molar refractivity (Wildman–Crippen MR) is 296 cm³/mol. The fourth-order valence-electron chi connectivity index (χ4n) is 11.0. The molecule has 0 saturated heterocycles. The Labute approximate surface area is 418 Å². The van der Waals surface area contributed by atoms with Gasteiger partial charge < -0.3 is 14.5 Å². The molecule has 2 aliphatic rings. The van der Waals surface area contributed by atoms with Gasteiger partial charge in [0.05, 0.1) is 23.4 Å². The van der Waals surface area contributed by atoms with Crippen LogP contribution < -0.4 is 14.5 Å². The van der Waals surface area contributed by atoms with Crippen LogP contribution >= 0.6 is 0 Å². The van der Waals surface area contributed by atoms with Crippen LogP contribution in [0.4, 0.5) is 11.4 Å². The molecule has 12 rings (SSSR count). The predicted octanol–water partition coefficient (Wildman–Crippen LogP) is 17.0. The van der Waals surface area contributed by atoms with E-state index in [0.29, 0.717) is 6.67 Å². The molecule has 0 spiro atoms. The first-order valence-electron chi connectivity index (χ1n) is 24.9. The first kappa shape index (κ1) is 44.1. The summed E-state index contributed by atoms with van der Waals surface area (Å²) in [5, 5.41) is 2.33. The lowest BCUT2D eigenvalue weighted by atomic mass is 9.74. The molecule has 0 bridgehead atoms. The second kappa shape index (κ2) is 16.8. The van der Waals surface area contributed by atoms with Crippen molar-refractivity contribution in [1.29, 1.82) is 0 Å². The number of para-hydroxylation sites is 1. The number of fused-ring (bicyclic) bond motifs is 6. The van der Waals surface area contributed by atoms with Crippen molar-refractivity contribution in [2.75, 3.05) is 16.5 Å². The molecule has 0 unspecified atom stereocenters. The zero-order valence-corrected chi connectivity index (χ0v) is 41.6. The van der Waals surface area contributed by atoms with E-state index in [2.05, 4.69) is 269 Å². The number of aromatic nitrogens is 2. The summed E-state index contributed by atoms with van der Waals surface area (Å²) in [6.45, 7) is 16.6. The van der Waals surface area contributed by atoms with Gasteiger partial charge in [0.2, 0.25) is 0 Å². The van der Waals surface area contributed by atoms with Crippen LogP contribution in [-0.2, 0) is 16.2 Å². The number of pyridine rings is 1. The maximum Gasteiger partial charge on any atom is 0.137 e. The third-order valence-corrected chi connectivity index (χ3v) is 14.9. The number of anilines is 2. The van der Waals surface area contributed by atoms with E-state index in [-0.39, 0.29) is 10.8 Å². The van der Waals surface area contributed by atoms with E-state index >= 15 is 0 Å². The summed E-state index contributed by atoms with van der Waals surface area (Å²) < 4.78 is 9.47. The fraction of sp³-hybridized carbons (Fsp3) is 0.167. The van der Waals surface area contributed by atoms with Gasteiger partial charge in [0, 0.05) is 63.7 Å². The van der Waals surface area contributed by atoms with Crippen molar-refractivity contribution in [2.45, 2.75) is 64.7 Å². The van der Waals surface area contributed by atoms with Crippen LogP contribution in [0.15, 0.2) is 213 Å². The first-order chi connectivity index (χ1) is 34.3. The van der Waals surface area contributed by atoms with Gasteiger partial charge >= 0.3 is 0 Å². The normalized spacial score (nSPS) is 14.1. The Morgan fingerprint density at radius 3 is 1.70 bits per heavy atom. The number of rotatable bonds is 8. The van der Waals surface area contributed by atoms with E-state index < -0.39 is 5.41 Å². The number of hydrogen-bond acceptors (Lipinski definition) is 4. The summed E-state index contributed by atoms with van der Waals surface area (Å²) in [6.07, 6.45) is 6.41. The minimum atomic E-state index is -0.450. The van der Waals surface area contributed by atoms with Crippen LogP contribution in [-0.4, -0.2) is 16.2 Å². The molecule has 0 atom stereocenters. The van der Waals surface area contributed by atoms with E-state index in [0.717, 1.165) is 45.0 Å². The Morgan fingerprint density at radius 1 is 0.479 bits per heavy atom. The Hall–Kier alpha value is -8.15. The van der Waals surface area contributed by atoms with Gasteiger partial charge in [-0.3, -0.25) is 4.57 Å². The van der Waals surface area contributed by atoms with Crippen molar-refractivity contribution in [3.05, 3.63) is 241 Å². The molecule has 1 aliphatic carbocycles. The molecular weight excluding hydrogens is 865 g/mol. The Morgan fingerprint density at radius 2 is 1.06 bits per heavy atom. The van der Waals surface area contributed by atoms with Gasteiger partial charge in [0.1, 0.15) is 17.3 Å². The second-order valence-electron chi connectivity index (χ2n) is 21.5. The molecule has 1 aliphatic heterocycles. The Balaban J connectivity index is 1.00. The number of hydrogen-bond donors (Lipinski definition) is 0. The zero-order valence-electron chi connectivity index (χ0n) is 41.6. The minimum Gasteiger partial charge on any atom is -0.457 e. The summed E-state index contributed by atoms with van der Waals surface area (Å²) in [5.74, 6) is 2.42. The maximum atomic E-state index is 7.19. The van der Waals surface area contributed by atoms with Gasteiger partial charge in [0.15, 0.2) is 0 Å². The van der Waals surface area contributed by atoms with Gasteiger partial charge in [-0.2, -0.15) is 0 Å². The third-order valence-electron chi connectivity index (χ3n) is 14.9. The van der Waals surface area contributed by atoms with E-state index in [1.165, 1.54) is 66.7 Å². The van der Waals surface area contributed by atoms with Crippen LogP contribution in [0.3, 0.4) is 0 Å². The molecule has 348 valence electrons. The summed E-state index contributed by atoms with van der Waals surface area (Å²) >= 11 is 0. The van der Waals surface area contributed by atoms with Gasteiger partial charge in [-0.25, -0.2) is 4.98 Å². The minimum absolute atomic E-state index is 0.0305. The summed E-state index contributed by atoms with van der Waals surface area (Å²) in [7, 11) is 0. The van der Waals surface area contributed by atoms with Crippen molar-refractivity contribution in [3.8, 4) is 50.7 Å². The quantitative estimate of drug-likeness (QED) is 0.152. The van der Waals surface area contributed by atoms with Crippen molar-refractivity contribution in [3.63, 3.8) is 0 Å². The van der Waals surface area contributed by atoms with Crippen molar-refractivity contribution >= 4 is 33.2 Å². The van der Waals surface area contributed by atoms with Crippen LogP contribution in [0.5, 0.6) is 11.5 Å². The highest BCUT2D eigenvalue weighted by molar-refractivity contribution is 6.09.